The van der Waals surface area contributed by atoms with E-state index in [0.717, 1.165) is 22.4 Å². The fourth-order valence-electron chi connectivity index (χ4n) is 2.53. The second kappa shape index (κ2) is 5.01. The van der Waals surface area contributed by atoms with Crippen LogP contribution in [0.25, 0.3) is 22.4 Å². The van der Waals surface area contributed by atoms with Gasteiger partial charge < -0.3 is 4.57 Å². The van der Waals surface area contributed by atoms with Crippen molar-refractivity contribution < 1.29 is 4.92 Å². The number of imidazole rings is 1. The first-order valence-corrected chi connectivity index (χ1v) is 6.79. The van der Waals surface area contributed by atoms with Gasteiger partial charge in [-0.2, -0.15) is 0 Å². The lowest BCUT2D eigenvalue weighted by Gasteiger charge is -2.13. The Morgan fingerprint density at radius 1 is 1.14 bits per heavy atom. The maximum absolute atomic E-state index is 11.0. The van der Waals surface area contributed by atoms with E-state index in [9.17, 15) is 10.1 Å². The molecule has 0 radical (unpaired) electrons. The lowest BCUT2D eigenvalue weighted by Crippen LogP contribution is -2.03. The summed E-state index contributed by atoms with van der Waals surface area (Å²) in [6.45, 7) is 4.16. The van der Waals surface area contributed by atoms with E-state index in [1.54, 1.807) is 12.1 Å². The summed E-state index contributed by atoms with van der Waals surface area (Å²) in [5.74, 6) is 0.759. The number of nitro benzene ring substituents is 1. The van der Waals surface area contributed by atoms with E-state index in [1.165, 1.54) is 6.07 Å². The second-order valence-corrected chi connectivity index (χ2v) is 5.20. The van der Waals surface area contributed by atoms with E-state index >= 15 is 0 Å². The Bertz CT molecular complexity index is 821. The molecule has 0 N–H and O–H groups in total. The van der Waals surface area contributed by atoms with Gasteiger partial charge in [-0.1, -0.05) is 24.3 Å². The number of para-hydroxylation sites is 2. The quantitative estimate of drug-likeness (QED) is 0.534. The highest BCUT2D eigenvalue weighted by Crippen LogP contribution is 2.29. The third-order valence-corrected chi connectivity index (χ3v) is 3.43. The molecular weight excluding hydrogens is 266 g/mol. The highest BCUT2D eigenvalue weighted by molar-refractivity contribution is 5.81. The summed E-state index contributed by atoms with van der Waals surface area (Å²) in [4.78, 5) is 15.2. The van der Waals surface area contributed by atoms with Gasteiger partial charge in [-0.3, -0.25) is 10.1 Å². The van der Waals surface area contributed by atoms with Crippen LogP contribution in [0.15, 0.2) is 48.5 Å². The van der Waals surface area contributed by atoms with Gasteiger partial charge >= 0.3 is 0 Å². The molecule has 2 aromatic carbocycles. The first kappa shape index (κ1) is 13.3. The number of nitrogens with zero attached hydrogens (tertiary/aromatic N) is 3. The Labute approximate surface area is 122 Å². The highest BCUT2D eigenvalue weighted by Gasteiger charge is 2.16. The fraction of sp³-hybridized carbons (Fsp3) is 0.188. The van der Waals surface area contributed by atoms with Gasteiger partial charge in [0.1, 0.15) is 5.82 Å². The summed E-state index contributed by atoms with van der Waals surface area (Å²) < 4.78 is 2.11. The van der Waals surface area contributed by atoms with Crippen molar-refractivity contribution in [2.45, 2.75) is 19.9 Å². The van der Waals surface area contributed by atoms with Crippen molar-refractivity contribution in [1.29, 1.82) is 0 Å². The minimum absolute atomic E-state index is 0.0786. The smallest absolute Gasteiger partial charge is 0.270 e. The van der Waals surface area contributed by atoms with Crippen LogP contribution in [-0.4, -0.2) is 14.5 Å². The lowest BCUT2D eigenvalue weighted by molar-refractivity contribution is -0.384. The molecule has 3 rings (SSSR count). The first-order valence-electron chi connectivity index (χ1n) is 6.79. The van der Waals surface area contributed by atoms with Gasteiger partial charge in [0.2, 0.25) is 0 Å². The molecule has 0 aliphatic rings. The van der Waals surface area contributed by atoms with Crippen LogP contribution in [0.5, 0.6) is 0 Å². The van der Waals surface area contributed by atoms with Gasteiger partial charge in [0.15, 0.2) is 0 Å². The van der Waals surface area contributed by atoms with Crippen LogP contribution in [0.1, 0.15) is 19.9 Å². The predicted molar refractivity (Wildman–Crippen MR) is 82.2 cm³/mol. The number of aromatic nitrogens is 2. The van der Waals surface area contributed by atoms with Crippen LogP contribution in [0.4, 0.5) is 5.69 Å². The second-order valence-electron chi connectivity index (χ2n) is 5.20. The molecular formula is C16H15N3O2. The standard InChI is InChI=1S/C16H15N3O2/c1-11(2)18-15-9-4-3-8-14(15)17-16(18)12-6-5-7-13(10-12)19(20)21/h3-11H,1-2H3. The SMILES string of the molecule is CC(C)n1c(-c2cccc([N+](=O)[O-])c2)nc2ccccc21. The summed E-state index contributed by atoms with van der Waals surface area (Å²) in [5, 5.41) is 11.0. The van der Waals surface area contributed by atoms with Crippen LogP contribution in [0.3, 0.4) is 0 Å². The van der Waals surface area contributed by atoms with Crippen molar-refractivity contribution in [2.24, 2.45) is 0 Å². The zero-order valence-electron chi connectivity index (χ0n) is 11.9. The molecule has 0 unspecified atom stereocenters. The summed E-state index contributed by atoms with van der Waals surface area (Å²) in [6, 6.07) is 14.7. The summed E-state index contributed by atoms with van der Waals surface area (Å²) in [7, 11) is 0. The van der Waals surface area contributed by atoms with E-state index in [0.29, 0.717) is 0 Å². The summed E-state index contributed by atoms with van der Waals surface area (Å²) in [5.41, 5.74) is 2.77. The maximum atomic E-state index is 11.0. The van der Waals surface area contributed by atoms with E-state index in [2.05, 4.69) is 23.4 Å². The number of benzene rings is 2. The van der Waals surface area contributed by atoms with Gasteiger partial charge in [-0.25, -0.2) is 4.98 Å². The molecule has 5 nitrogen and oxygen atoms in total. The van der Waals surface area contributed by atoms with Gasteiger partial charge in [0, 0.05) is 23.7 Å². The van der Waals surface area contributed by atoms with Crippen LogP contribution in [0, 0.1) is 10.1 Å². The van der Waals surface area contributed by atoms with Gasteiger partial charge in [0.25, 0.3) is 5.69 Å². The third-order valence-electron chi connectivity index (χ3n) is 3.43. The van der Waals surface area contributed by atoms with Gasteiger partial charge in [0.05, 0.1) is 16.0 Å². The number of fused-ring (bicyclic) bond motifs is 1. The number of rotatable bonds is 3. The number of nitro groups is 1. The summed E-state index contributed by atoms with van der Waals surface area (Å²) in [6.07, 6.45) is 0. The molecule has 1 heterocycles. The van der Waals surface area contributed by atoms with Crippen LogP contribution >= 0.6 is 0 Å². The number of hydrogen-bond donors (Lipinski definition) is 0. The number of non-ortho nitro benzene ring substituents is 1. The molecule has 0 saturated heterocycles. The van der Waals surface area contributed by atoms with Crippen LogP contribution < -0.4 is 0 Å². The van der Waals surface area contributed by atoms with Crippen molar-refractivity contribution in [2.75, 3.05) is 0 Å². The van der Waals surface area contributed by atoms with Crippen molar-refractivity contribution in [1.82, 2.24) is 9.55 Å². The van der Waals surface area contributed by atoms with E-state index in [4.69, 9.17) is 0 Å². The molecule has 0 bridgehead atoms. The molecule has 0 amide bonds. The highest BCUT2D eigenvalue weighted by atomic mass is 16.6. The summed E-state index contributed by atoms with van der Waals surface area (Å²) >= 11 is 0. The topological polar surface area (TPSA) is 61.0 Å². The van der Waals surface area contributed by atoms with Crippen molar-refractivity contribution in [3.8, 4) is 11.4 Å². The molecule has 1 aromatic heterocycles. The molecule has 5 heteroatoms. The van der Waals surface area contributed by atoms with Gasteiger partial charge in [-0.15, -0.1) is 0 Å². The maximum Gasteiger partial charge on any atom is 0.270 e. The van der Waals surface area contributed by atoms with Gasteiger partial charge in [-0.05, 0) is 26.0 Å². The zero-order chi connectivity index (χ0) is 15.0. The molecule has 0 aliphatic heterocycles. The van der Waals surface area contributed by atoms with E-state index in [-0.39, 0.29) is 16.7 Å². The molecule has 21 heavy (non-hydrogen) atoms. The molecule has 0 spiro atoms. The monoisotopic (exact) mass is 281 g/mol. The lowest BCUT2D eigenvalue weighted by atomic mass is 10.2. The molecule has 3 aromatic rings. The first-order chi connectivity index (χ1) is 10.1. The Hall–Kier alpha value is -2.69. The fourth-order valence-corrected chi connectivity index (χ4v) is 2.53. The molecule has 0 fully saturated rings. The zero-order valence-corrected chi connectivity index (χ0v) is 11.9. The van der Waals surface area contributed by atoms with E-state index < -0.39 is 0 Å². The number of hydrogen-bond acceptors (Lipinski definition) is 3. The van der Waals surface area contributed by atoms with Crippen LogP contribution in [-0.2, 0) is 0 Å². The third kappa shape index (κ3) is 2.27. The van der Waals surface area contributed by atoms with E-state index in [1.807, 2.05) is 30.3 Å². The van der Waals surface area contributed by atoms with Crippen molar-refractivity contribution >= 4 is 16.7 Å². The Morgan fingerprint density at radius 3 is 2.62 bits per heavy atom. The minimum atomic E-state index is -0.383. The predicted octanol–water partition coefficient (Wildman–Crippen LogP) is 4.19. The molecule has 106 valence electrons. The largest absolute Gasteiger partial charge is 0.321 e. The Morgan fingerprint density at radius 2 is 1.90 bits per heavy atom. The Kier molecular flexibility index (Phi) is 3.17. The minimum Gasteiger partial charge on any atom is -0.321 e. The Balaban J connectivity index is 2.27. The average molecular weight is 281 g/mol. The molecule has 0 atom stereocenters. The van der Waals surface area contributed by atoms with Crippen molar-refractivity contribution in [3.63, 3.8) is 0 Å². The molecule has 0 aliphatic carbocycles. The van der Waals surface area contributed by atoms with Crippen LogP contribution in [0.2, 0.25) is 0 Å². The molecule has 0 saturated carbocycles. The van der Waals surface area contributed by atoms with Crippen molar-refractivity contribution in [3.05, 3.63) is 58.6 Å². The normalized spacial score (nSPS) is 11.2. The average Bonchev–Trinajstić information content (AvgIpc) is 2.87.